The van der Waals surface area contributed by atoms with E-state index in [1.54, 1.807) is 0 Å². The highest BCUT2D eigenvalue weighted by molar-refractivity contribution is 5.50. The molecule has 0 aliphatic rings. The second kappa shape index (κ2) is 5.35. The average Bonchev–Trinajstić information content (AvgIpc) is 2.32. The lowest BCUT2D eigenvalue weighted by Gasteiger charge is -2.16. The van der Waals surface area contributed by atoms with Gasteiger partial charge in [-0.15, -0.1) is 0 Å². The molecule has 0 aliphatic heterocycles. The number of ether oxygens (including phenoxy) is 1. The summed E-state index contributed by atoms with van der Waals surface area (Å²) >= 11 is 0. The van der Waals surface area contributed by atoms with Gasteiger partial charge in [-0.25, -0.2) is 0 Å². The minimum absolute atomic E-state index is 0.435. The molecule has 19 heavy (non-hydrogen) atoms. The molecule has 100 valence electrons. The first-order valence-corrected chi connectivity index (χ1v) is 6.62. The molecule has 2 rings (SSSR count). The summed E-state index contributed by atoms with van der Waals surface area (Å²) in [6, 6.07) is 12.1. The van der Waals surface area contributed by atoms with Crippen molar-refractivity contribution in [2.45, 2.75) is 33.6 Å². The van der Waals surface area contributed by atoms with Crippen LogP contribution >= 0.6 is 0 Å². The van der Waals surface area contributed by atoms with Gasteiger partial charge in [0.1, 0.15) is 11.5 Å². The minimum Gasteiger partial charge on any atom is -0.457 e. The van der Waals surface area contributed by atoms with Crippen molar-refractivity contribution in [3.63, 3.8) is 0 Å². The van der Waals surface area contributed by atoms with Crippen LogP contribution in [0.25, 0.3) is 0 Å². The van der Waals surface area contributed by atoms with Crippen molar-refractivity contribution in [1.82, 2.24) is 0 Å². The zero-order chi connectivity index (χ0) is 14.0. The molecular weight excluding hydrogens is 234 g/mol. The summed E-state index contributed by atoms with van der Waals surface area (Å²) in [6.45, 7) is 8.43. The first-order chi connectivity index (χ1) is 8.97. The fourth-order valence-electron chi connectivity index (χ4n) is 2.11. The predicted octanol–water partition coefficient (Wildman–Crippen LogP) is 4.80. The highest BCUT2D eigenvalue weighted by Gasteiger charge is 2.10. The Morgan fingerprint density at radius 1 is 0.947 bits per heavy atom. The third kappa shape index (κ3) is 3.08. The molecule has 0 unspecified atom stereocenters. The van der Waals surface area contributed by atoms with Gasteiger partial charge in [-0.1, -0.05) is 26.0 Å². The second-order valence-corrected chi connectivity index (χ2v) is 5.32. The van der Waals surface area contributed by atoms with Gasteiger partial charge in [0.2, 0.25) is 0 Å². The van der Waals surface area contributed by atoms with Crippen molar-refractivity contribution >= 4 is 5.69 Å². The molecule has 0 amide bonds. The summed E-state index contributed by atoms with van der Waals surface area (Å²) in [5.41, 5.74) is 10.0. The zero-order valence-electron chi connectivity index (χ0n) is 12.0. The largest absolute Gasteiger partial charge is 0.457 e. The van der Waals surface area contributed by atoms with Crippen LogP contribution in [0.1, 0.15) is 36.5 Å². The Hall–Kier alpha value is -1.96. The van der Waals surface area contributed by atoms with Crippen LogP contribution in [0.2, 0.25) is 0 Å². The van der Waals surface area contributed by atoms with Crippen molar-refractivity contribution in [2.24, 2.45) is 0 Å². The van der Waals surface area contributed by atoms with Crippen LogP contribution in [-0.4, -0.2) is 0 Å². The molecule has 2 heteroatoms. The molecule has 0 fully saturated rings. The van der Waals surface area contributed by atoms with E-state index in [0.717, 1.165) is 22.7 Å². The Morgan fingerprint density at radius 3 is 2.32 bits per heavy atom. The van der Waals surface area contributed by atoms with Gasteiger partial charge in [0.15, 0.2) is 0 Å². The van der Waals surface area contributed by atoms with Crippen molar-refractivity contribution in [2.75, 3.05) is 5.73 Å². The standard InChI is InChI=1S/C17H21NO/c1-11(2)15-7-5-12(3)9-17(15)19-16-8-6-14(18)10-13(16)4/h5-11H,18H2,1-4H3. The van der Waals surface area contributed by atoms with E-state index in [1.807, 2.05) is 25.1 Å². The van der Waals surface area contributed by atoms with E-state index < -0.39 is 0 Å². The minimum atomic E-state index is 0.435. The lowest BCUT2D eigenvalue weighted by molar-refractivity contribution is 0.469. The molecule has 0 atom stereocenters. The van der Waals surface area contributed by atoms with Crippen LogP contribution in [0, 0.1) is 13.8 Å². The number of rotatable bonds is 3. The number of nitrogen functional groups attached to an aromatic ring is 1. The van der Waals surface area contributed by atoms with E-state index in [4.69, 9.17) is 10.5 Å². The molecule has 0 aromatic heterocycles. The van der Waals surface area contributed by atoms with Gasteiger partial charge in [0.25, 0.3) is 0 Å². The smallest absolute Gasteiger partial charge is 0.131 e. The van der Waals surface area contributed by atoms with E-state index in [1.165, 1.54) is 11.1 Å². The van der Waals surface area contributed by atoms with E-state index in [2.05, 4.69) is 39.0 Å². The molecule has 0 heterocycles. The Kier molecular flexibility index (Phi) is 3.79. The quantitative estimate of drug-likeness (QED) is 0.799. The molecule has 2 aromatic carbocycles. The number of nitrogens with two attached hydrogens (primary N) is 1. The predicted molar refractivity (Wildman–Crippen MR) is 80.9 cm³/mol. The van der Waals surface area contributed by atoms with Crippen LogP contribution in [0.4, 0.5) is 5.69 Å². The van der Waals surface area contributed by atoms with Gasteiger partial charge in [0, 0.05) is 5.69 Å². The number of aryl methyl sites for hydroxylation is 2. The van der Waals surface area contributed by atoms with Gasteiger partial charge in [-0.3, -0.25) is 0 Å². The molecule has 2 aromatic rings. The Balaban J connectivity index is 2.39. The first kappa shape index (κ1) is 13.5. The van der Waals surface area contributed by atoms with Crippen molar-refractivity contribution in [3.8, 4) is 11.5 Å². The van der Waals surface area contributed by atoms with Gasteiger partial charge in [-0.05, 0) is 60.7 Å². The van der Waals surface area contributed by atoms with Crippen LogP contribution in [-0.2, 0) is 0 Å². The van der Waals surface area contributed by atoms with E-state index >= 15 is 0 Å². The zero-order valence-corrected chi connectivity index (χ0v) is 12.0. The van der Waals surface area contributed by atoms with E-state index in [9.17, 15) is 0 Å². The Morgan fingerprint density at radius 2 is 1.68 bits per heavy atom. The second-order valence-electron chi connectivity index (χ2n) is 5.32. The van der Waals surface area contributed by atoms with Gasteiger partial charge in [-0.2, -0.15) is 0 Å². The van der Waals surface area contributed by atoms with Gasteiger partial charge >= 0.3 is 0 Å². The van der Waals surface area contributed by atoms with Crippen molar-refractivity contribution < 1.29 is 4.74 Å². The topological polar surface area (TPSA) is 35.2 Å². The van der Waals surface area contributed by atoms with Crippen molar-refractivity contribution in [1.29, 1.82) is 0 Å². The molecule has 0 bridgehead atoms. The fraction of sp³-hybridized carbons (Fsp3) is 0.294. The third-order valence-corrected chi connectivity index (χ3v) is 3.21. The summed E-state index contributed by atoms with van der Waals surface area (Å²) < 4.78 is 6.08. The van der Waals surface area contributed by atoms with Crippen LogP contribution < -0.4 is 10.5 Å². The monoisotopic (exact) mass is 255 g/mol. The average molecular weight is 255 g/mol. The molecule has 0 radical (unpaired) electrons. The molecule has 0 aliphatic carbocycles. The van der Waals surface area contributed by atoms with Crippen molar-refractivity contribution in [3.05, 3.63) is 53.1 Å². The lowest BCUT2D eigenvalue weighted by atomic mass is 10.0. The summed E-state index contributed by atoms with van der Waals surface area (Å²) in [4.78, 5) is 0. The number of hydrogen-bond donors (Lipinski definition) is 1. The van der Waals surface area contributed by atoms with E-state index in [-0.39, 0.29) is 0 Å². The first-order valence-electron chi connectivity index (χ1n) is 6.62. The number of benzene rings is 2. The Labute approximate surface area is 115 Å². The highest BCUT2D eigenvalue weighted by Crippen LogP contribution is 2.33. The Bertz CT molecular complexity index is 588. The fourth-order valence-corrected chi connectivity index (χ4v) is 2.11. The van der Waals surface area contributed by atoms with Crippen LogP contribution in [0.5, 0.6) is 11.5 Å². The lowest BCUT2D eigenvalue weighted by Crippen LogP contribution is -1.96. The summed E-state index contributed by atoms with van der Waals surface area (Å²) in [5.74, 6) is 2.23. The van der Waals surface area contributed by atoms with E-state index in [0.29, 0.717) is 5.92 Å². The SMILES string of the molecule is Cc1ccc(C(C)C)c(Oc2ccc(N)cc2C)c1. The maximum Gasteiger partial charge on any atom is 0.131 e. The number of hydrogen-bond acceptors (Lipinski definition) is 2. The molecule has 2 nitrogen and oxygen atoms in total. The third-order valence-electron chi connectivity index (χ3n) is 3.21. The van der Waals surface area contributed by atoms with Gasteiger partial charge < -0.3 is 10.5 Å². The van der Waals surface area contributed by atoms with Crippen LogP contribution in [0.15, 0.2) is 36.4 Å². The normalized spacial score (nSPS) is 10.8. The number of anilines is 1. The summed E-state index contributed by atoms with van der Waals surface area (Å²) in [7, 11) is 0. The maximum atomic E-state index is 6.08. The maximum absolute atomic E-state index is 6.08. The van der Waals surface area contributed by atoms with Crippen LogP contribution in [0.3, 0.4) is 0 Å². The van der Waals surface area contributed by atoms with Gasteiger partial charge in [0.05, 0.1) is 0 Å². The molecular formula is C17H21NO. The molecule has 0 saturated heterocycles. The molecule has 0 saturated carbocycles. The summed E-state index contributed by atoms with van der Waals surface area (Å²) in [6.07, 6.45) is 0. The molecule has 2 N–H and O–H groups in total. The molecule has 0 spiro atoms. The highest BCUT2D eigenvalue weighted by atomic mass is 16.5. The summed E-state index contributed by atoms with van der Waals surface area (Å²) in [5, 5.41) is 0.